The van der Waals surface area contributed by atoms with Gasteiger partial charge < -0.3 is 31.5 Å². The van der Waals surface area contributed by atoms with E-state index in [1.54, 1.807) is 4.90 Å². The van der Waals surface area contributed by atoms with Crippen LogP contribution in [0, 0.1) is 0 Å². The Hall–Kier alpha value is -1.61. The molecule has 0 saturated heterocycles. The van der Waals surface area contributed by atoms with Crippen LogP contribution in [0.3, 0.4) is 0 Å². The van der Waals surface area contributed by atoms with Crippen LogP contribution in [0.4, 0.5) is 17.5 Å². The summed E-state index contributed by atoms with van der Waals surface area (Å²) in [6.07, 6.45) is -0.0876. The van der Waals surface area contributed by atoms with Gasteiger partial charge in [-0.15, -0.1) is 0 Å². The molecular formula is C9H17N6O4P. The van der Waals surface area contributed by atoms with Gasteiger partial charge in [0.1, 0.15) is 5.69 Å². The van der Waals surface area contributed by atoms with Crippen LogP contribution < -0.4 is 27.2 Å². The Balaban J connectivity index is 2.23. The maximum absolute atomic E-state index is 11.7. The number of nitrogen functional groups attached to an aromatic ring is 1. The fourth-order valence-electron chi connectivity index (χ4n) is 2.10. The van der Waals surface area contributed by atoms with Crippen LogP contribution in [-0.4, -0.2) is 45.2 Å². The second kappa shape index (κ2) is 5.41. The highest BCUT2D eigenvalue weighted by atomic mass is 31.2. The summed E-state index contributed by atoms with van der Waals surface area (Å²) in [4.78, 5) is 37.7. The van der Waals surface area contributed by atoms with E-state index >= 15 is 0 Å². The van der Waals surface area contributed by atoms with E-state index in [2.05, 4.69) is 15.3 Å². The second-order valence-corrected chi connectivity index (χ2v) is 6.30. The Morgan fingerprint density at radius 3 is 2.80 bits per heavy atom. The zero-order valence-corrected chi connectivity index (χ0v) is 11.5. The van der Waals surface area contributed by atoms with Gasteiger partial charge in [0.15, 0.2) is 5.82 Å². The lowest BCUT2D eigenvalue weighted by Crippen LogP contribution is -2.41. The average molecular weight is 304 g/mol. The molecule has 0 amide bonds. The van der Waals surface area contributed by atoms with Crippen molar-refractivity contribution in [2.45, 2.75) is 12.5 Å². The lowest BCUT2D eigenvalue weighted by atomic mass is 10.2. The Labute approximate surface area is 114 Å². The van der Waals surface area contributed by atoms with Gasteiger partial charge in [-0.1, -0.05) is 0 Å². The summed E-state index contributed by atoms with van der Waals surface area (Å²) in [6, 6.07) is -0.343. The number of hydrogen-bond donors (Lipinski definition) is 6. The molecule has 8 N–H and O–H groups in total. The van der Waals surface area contributed by atoms with Gasteiger partial charge in [-0.2, -0.15) is 4.98 Å². The summed E-state index contributed by atoms with van der Waals surface area (Å²) >= 11 is 0. The van der Waals surface area contributed by atoms with E-state index in [1.807, 2.05) is 0 Å². The number of H-pyrrole nitrogens is 1. The normalized spacial score (nSPS) is 15.8. The first-order chi connectivity index (χ1) is 9.31. The van der Waals surface area contributed by atoms with Gasteiger partial charge in [-0.25, -0.2) is 0 Å². The monoisotopic (exact) mass is 304 g/mol. The second-order valence-electron chi connectivity index (χ2n) is 4.52. The van der Waals surface area contributed by atoms with Crippen LogP contribution in [0.2, 0.25) is 0 Å². The molecule has 2 rings (SSSR count). The van der Waals surface area contributed by atoms with Gasteiger partial charge >= 0.3 is 7.60 Å². The molecule has 1 aliphatic rings. The highest BCUT2D eigenvalue weighted by Gasteiger charge is 2.30. The molecule has 1 atom stereocenters. The van der Waals surface area contributed by atoms with E-state index < -0.39 is 7.60 Å². The largest absolute Gasteiger partial charge is 0.369 e. The quantitative estimate of drug-likeness (QED) is 0.352. The fourth-order valence-corrected chi connectivity index (χ4v) is 2.74. The summed E-state index contributed by atoms with van der Waals surface area (Å²) in [5.41, 5.74) is 11.0. The summed E-state index contributed by atoms with van der Waals surface area (Å²) in [6.45, 7) is 0.466. The third kappa shape index (κ3) is 3.10. The number of nitrogens with zero attached hydrogens (tertiary/aromatic N) is 2. The molecule has 20 heavy (non-hydrogen) atoms. The highest BCUT2D eigenvalue weighted by molar-refractivity contribution is 7.51. The lowest BCUT2D eigenvalue weighted by molar-refractivity contribution is 0.369. The van der Waals surface area contributed by atoms with Crippen LogP contribution in [0.25, 0.3) is 0 Å². The summed E-state index contributed by atoms with van der Waals surface area (Å²) in [7, 11) is -4.09. The van der Waals surface area contributed by atoms with Gasteiger partial charge in [0, 0.05) is 12.6 Å². The number of aromatic amines is 1. The first kappa shape index (κ1) is 14.8. The number of hydrogen-bond acceptors (Lipinski definition) is 7. The van der Waals surface area contributed by atoms with Crippen molar-refractivity contribution < 1.29 is 14.4 Å². The number of anilines is 3. The van der Waals surface area contributed by atoms with Crippen molar-refractivity contribution in [2.75, 3.05) is 35.3 Å². The third-order valence-electron chi connectivity index (χ3n) is 3.08. The van der Waals surface area contributed by atoms with E-state index in [0.717, 1.165) is 0 Å². The topological polar surface area (TPSA) is 171 Å². The Morgan fingerprint density at radius 2 is 2.20 bits per heavy atom. The number of nitrogens with two attached hydrogens (primary N) is 2. The molecule has 1 aliphatic heterocycles. The number of nitrogens with one attached hydrogen (secondary N) is 2. The van der Waals surface area contributed by atoms with Crippen molar-refractivity contribution in [3.05, 3.63) is 10.4 Å². The van der Waals surface area contributed by atoms with Gasteiger partial charge in [-0.3, -0.25) is 14.3 Å². The Bertz CT molecular complexity index is 599. The molecule has 11 heteroatoms. The predicted molar refractivity (Wildman–Crippen MR) is 74.6 cm³/mol. The molecule has 0 radical (unpaired) electrons. The smallest absolute Gasteiger partial charge is 0.325 e. The highest BCUT2D eigenvalue weighted by Crippen LogP contribution is 2.37. The SMILES string of the molecule is NCC(CCP(=O)(O)O)N1CNc2c1nc(N)[nH]c2=O. The minimum atomic E-state index is -4.09. The van der Waals surface area contributed by atoms with E-state index in [-0.39, 0.29) is 49.0 Å². The lowest BCUT2D eigenvalue weighted by Gasteiger charge is -2.27. The molecule has 0 spiro atoms. The van der Waals surface area contributed by atoms with Crippen molar-refractivity contribution in [1.29, 1.82) is 0 Å². The first-order valence-corrected chi connectivity index (χ1v) is 7.76. The summed E-state index contributed by atoms with van der Waals surface area (Å²) < 4.78 is 10.9. The van der Waals surface area contributed by atoms with E-state index in [9.17, 15) is 9.36 Å². The van der Waals surface area contributed by atoms with Crippen LogP contribution in [-0.2, 0) is 4.57 Å². The number of rotatable bonds is 5. The zero-order chi connectivity index (χ0) is 14.9. The van der Waals surface area contributed by atoms with Crippen LogP contribution in [0.1, 0.15) is 6.42 Å². The molecule has 1 unspecified atom stereocenters. The minimum absolute atomic E-state index is 0.0202. The molecule has 112 valence electrons. The van der Waals surface area contributed by atoms with E-state index in [4.69, 9.17) is 21.3 Å². The zero-order valence-electron chi connectivity index (χ0n) is 10.6. The van der Waals surface area contributed by atoms with Crippen LogP contribution >= 0.6 is 7.60 Å². The molecule has 0 fully saturated rings. The fraction of sp³-hybridized carbons (Fsp3) is 0.556. The van der Waals surface area contributed by atoms with Crippen molar-refractivity contribution in [3.63, 3.8) is 0 Å². The molecule has 0 aliphatic carbocycles. The van der Waals surface area contributed by atoms with Crippen molar-refractivity contribution >= 4 is 25.0 Å². The number of fused-ring (bicyclic) bond motifs is 1. The van der Waals surface area contributed by atoms with Gasteiger partial charge in [-0.05, 0) is 6.42 Å². The Morgan fingerprint density at radius 1 is 1.50 bits per heavy atom. The van der Waals surface area contributed by atoms with Gasteiger partial charge in [0.25, 0.3) is 5.56 Å². The molecular weight excluding hydrogens is 287 g/mol. The predicted octanol–water partition coefficient (Wildman–Crippen LogP) is -1.56. The first-order valence-electron chi connectivity index (χ1n) is 5.97. The third-order valence-corrected chi connectivity index (χ3v) is 3.92. The maximum atomic E-state index is 11.7. The van der Waals surface area contributed by atoms with Crippen molar-refractivity contribution in [3.8, 4) is 0 Å². The molecule has 0 saturated carbocycles. The molecule has 2 heterocycles. The van der Waals surface area contributed by atoms with Gasteiger partial charge in [0.2, 0.25) is 5.95 Å². The van der Waals surface area contributed by atoms with Crippen LogP contribution in [0.5, 0.6) is 0 Å². The van der Waals surface area contributed by atoms with E-state index in [1.165, 1.54) is 0 Å². The summed E-state index contributed by atoms with van der Waals surface area (Å²) in [5.74, 6) is 0.334. The molecule has 1 aromatic heterocycles. The van der Waals surface area contributed by atoms with Crippen molar-refractivity contribution in [2.24, 2.45) is 5.73 Å². The van der Waals surface area contributed by atoms with Gasteiger partial charge in [0.05, 0.1) is 12.8 Å². The maximum Gasteiger partial charge on any atom is 0.325 e. The summed E-state index contributed by atoms with van der Waals surface area (Å²) in [5, 5.41) is 2.87. The Kier molecular flexibility index (Phi) is 4.00. The molecule has 0 bridgehead atoms. The molecule has 1 aromatic rings. The average Bonchev–Trinajstić information content (AvgIpc) is 2.73. The standard InChI is InChI=1S/C9H17N6O4P/c10-3-5(1-2-20(17,18)19)15-4-12-6-7(15)13-9(11)14-8(6)16/h5,12H,1-4,10H2,(H2,17,18,19)(H3,11,13,14,16). The van der Waals surface area contributed by atoms with Crippen LogP contribution in [0.15, 0.2) is 4.79 Å². The number of aromatic nitrogens is 2. The minimum Gasteiger partial charge on any atom is -0.369 e. The molecule has 10 nitrogen and oxygen atoms in total. The van der Waals surface area contributed by atoms with Crippen molar-refractivity contribution in [1.82, 2.24) is 9.97 Å². The van der Waals surface area contributed by atoms with E-state index in [0.29, 0.717) is 5.82 Å². The molecule has 0 aromatic carbocycles.